The molecule has 1 fully saturated rings. The highest BCUT2D eigenvalue weighted by molar-refractivity contribution is 6.12. The molecule has 4 rings (SSSR count). The summed E-state index contributed by atoms with van der Waals surface area (Å²) in [5.74, 6) is -0.325. The van der Waals surface area contributed by atoms with Crippen molar-refractivity contribution in [2.45, 2.75) is 32.2 Å². The minimum atomic E-state index is -1.22. The monoisotopic (exact) mass is 400 g/mol. The SMILES string of the molecule is CC(C)c1ccc(C(=O)CN2C(=O)NC(C)(c3cccc4ccccc34)C2=O)cc1. The van der Waals surface area contributed by atoms with Gasteiger partial charge in [-0.05, 0) is 34.7 Å². The molecule has 3 aromatic rings. The van der Waals surface area contributed by atoms with Crippen LogP contribution in [-0.4, -0.2) is 29.2 Å². The Labute approximate surface area is 175 Å². The molecule has 1 heterocycles. The van der Waals surface area contributed by atoms with E-state index in [1.807, 2.05) is 54.6 Å². The Balaban J connectivity index is 1.61. The Morgan fingerprint density at radius 2 is 1.63 bits per heavy atom. The zero-order valence-corrected chi connectivity index (χ0v) is 17.3. The topological polar surface area (TPSA) is 66.5 Å². The number of rotatable bonds is 5. The Bertz CT molecular complexity index is 1150. The molecule has 1 atom stereocenters. The fourth-order valence-electron chi connectivity index (χ4n) is 3.97. The van der Waals surface area contributed by atoms with Gasteiger partial charge in [-0.2, -0.15) is 0 Å². The lowest BCUT2D eigenvalue weighted by atomic mass is 9.87. The molecule has 1 saturated heterocycles. The van der Waals surface area contributed by atoms with Gasteiger partial charge in [0, 0.05) is 5.56 Å². The number of imide groups is 1. The van der Waals surface area contributed by atoms with E-state index in [9.17, 15) is 14.4 Å². The van der Waals surface area contributed by atoms with Gasteiger partial charge in [0.25, 0.3) is 5.91 Å². The van der Waals surface area contributed by atoms with E-state index in [0.717, 1.165) is 26.8 Å². The van der Waals surface area contributed by atoms with Gasteiger partial charge in [0.2, 0.25) is 0 Å². The van der Waals surface area contributed by atoms with Crippen molar-refractivity contribution >= 4 is 28.5 Å². The van der Waals surface area contributed by atoms with Crippen LogP contribution in [0.25, 0.3) is 10.8 Å². The van der Waals surface area contributed by atoms with Crippen molar-refractivity contribution in [2.24, 2.45) is 0 Å². The molecule has 1 unspecified atom stereocenters. The summed E-state index contributed by atoms with van der Waals surface area (Å²) in [5, 5.41) is 4.69. The molecule has 0 spiro atoms. The lowest BCUT2D eigenvalue weighted by Gasteiger charge is -2.24. The number of fused-ring (bicyclic) bond motifs is 1. The van der Waals surface area contributed by atoms with Crippen LogP contribution in [0.4, 0.5) is 4.79 Å². The number of Topliss-reactive ketones (excluding diaryl/α,β-unsaturated/α-hetero) is 1. The second-order valence-corrected chi connectivity index (χ2v) is 8.17. The van der Waals surface area contributed by atoms with Crippen LogP contribution in [0.2, 0.25) is 0 Å². The summed E-state index contributed by atoms with van der Waals surface area (Å²) >= 11 is 0. The van der Waals surface area contributed by atoms with E-state index in [1.165, 1.54) is 0 Å². The van der Waals surface area contributed by atoms with Gasteiger partial charge in [0.15, 0.2) is 5.78 Å². The van der Waals surface area contributed by atoms with Crippen LogP contribution in [0.1, 0.15) is 48.2 Å². The van der Waals surface area contributed by atoms with Gasteiger partial charge >= 0.3 is 6.03 Å². The van der Waals surface area contributed by atoms with Crippen LogP contribution < -0.4 is 5.32 Å². The van der Waals surface area contributed by atoms with Gasteiger partial charge in [0.1, 0.15) is 5.54 Å². The predicted molar refractivity (Wildman–Crippen MR) is 116 cm³/mol. The third-order valence-electron chi connectivity index (χ3n) is 5.80. The lowest BCUT2D eigenvalue weighted by Crippen LogP contribution is -2.41. The molecule has 1 aliphatic heterocycles. The molecule has 152 valence electrons. The molecular formula is C25H24N2O3. The van der Waals surface area contributed by atoms with E-state index >= 15 is 0 Å². The fraction of sp³-hybridized carbons (Fsp3) is 0.240. The van der Waals surface area contributed by atoms with Crippen molar-refractivity contribution in [2.75, 3.05) is 6.54 Å². The summed E-state index contributed by atoms with van der Waals surface area (Å²) < 4.78 is 0. The molecule has 3 aromatic carbocycles. The van der Waals surface area contributed by atoms with Crippen LogP contribution in [0.3, 0.4) is 0 Å². The van der Waals surface area contributed by atoms with Crippen molar-refractivity contribution in [3.8, 4) is 0 Å². The smallest absolute Gasteiger partial charge is 0.319 e. The zero-order chi connectivity index (χ0) is 21.5. The third kappa shape index (κ3) is 3.26. The maximum atomic E-state index is 13.3. The third-order valence-corrected chi connectivity index (χ3v) is 5.80. The number of hydrogen-bond donors (Lipinski definition) is 1. The number of hydrogen-bond acceptors (Lipinski definition) is 3. The molecule has 5 nitrogen and oxygen atoms in total. The highest BCUT2D eigenvalue weighted by Crippen LogP contribution is 2.34. The number of nitrogens with zero attached hydrogens (tertiary/aromatic N) is 1. The van der Waals surface area contributed by atoms with E-state index in [1.54, 1.807) is 19.1 Å². The zero-order valence-electron chi connectivity index (χ0n) is 17.3. The maximum absolute atomic E-state index is 13.3. The second kappa shape index (κ2) is 7.41. The molecule has 0 radical (unpaired) electrons. The molecule has 30 heavy (non-hydrogen) atoms. The van der Waals surface area contributed by atoms with Crippen LogP contribution >= 0.6 is 0 Å². The van der Waals surface area contributed by atoms with E-state index in [0.29, 0.717) is 11.5 Å². The number of carbonyl (C=O) groups is 3. The van der Waals surface area contributed by atoms with Crippen LogP contribution in [0, 0.1) is 0 Å². The van der Waals surface area contributed by atoms with Crippen molar-refractivity contribution in [3.63, 3.8) is 0 Å². The Morgan fingerprint density at radius 1 is 0.967 bits per heavy atom. The van der Waals surface area contributed by atoms with E-state index in [-0.39, 0.29) is 12.3 Å². The van der Waals surface area contributed by atoms with E-state index in [4.69, 9.17) is 0 Å². The predicted octanol–water partition coefficient (Wildman–Crippen LogP) is 4.61. The molecule has 0 aromatic heterocycles. The van der Waals surface area contributed by atoms with Gasteiger partial charge in [-0.3, -0.25) is 14.5 Å². The number of urea groups is 1. The number of nitrogens with one attached hydrogen (secondary N) is 1. The maximum Gasteiger partial charge on any atom is 0.325 e. The molecule has 0 bridgehead atoms. The lowest BCUT2D eigenvalue weighted by molar-refractivity contribution is -0.130. The van der Waals surface area contributed by atoms with Crippen molar-refractivity contribution in [1.82, 2.24) is 10.2 Å². The minimum Gasteiger partial charge on any atom is -0.319 e. The quantitative estimate of drug-likeness (QED) is 0.502. The van der Waals surface area contributed by atoms with E-state index < -0.39 is 17.5 Å². The highest BCUT2D eigenvalue weighted by Gasteiger charge is 2.50. The van der Waals surface area contributed by atoms with Crippen molar-refractivity contribution in [3.05, 3.63) is 83.4 Å². The van der Waals surface area contributed by atoms with Gasteiger partial charge in [0.05, 0.1) is 6.54 Å². The fourth-order valence-corrected chi connectivity index (χ4v) is 3.97. The Morgan fingerprint density at radius 3 is 2.33 bits per heavy atom. The average molecular weight is 400 g/mol. The standard InChI is InChI=1S/C25H24N2O3/c1-16(2)17-11-13-19(14-12-17)22(28)15-27-23(29)25(3,26-24(27)30)21-10-6-8-18-7-4-5-9-20(18)21/h4-14,16H,15H2,1-3H3,(H,26,30). The minimum absolute atomic E-state index is 0.268. The number of benzene rings is 3. The number of carbonyl (C=O) groups excluding carboxylic acids is 3. The van der Waals surface area contributed by atoms with E-state index in [2.05, 4.69) is 19.2 Å². The summed E-state index contributed by atoms with van der Waals surface area (Å²) in [5.41, 5.74) is 1.11. The summed E-state index contributed by atoms with van der Waals surface area (Å²) in [6, 6.07) is 20.2. The van der Waals surface area contributed by atoms with Crippen LogP contribution in [0.5, 0.6) is 0 Å². The molecule has 1 N–H and O–H groups in total. The first-order chi connectivity index (χ1) is 14.3. The van der Waals surface area contributed by atoms with Gasteiger partial charge in [-0.15, -0.1) is 0 Å². The largest absolute Gasteiger partial charge is 0.325 e. The Hall–Kier alpha value is -3.47. The first-order valence-electron chi connectivity index (χ1n) is 10.1. The first kappa shape index (κ1) is 19.8. The van der Waals surface area contributed by atoms with Gasteiger partial charge in [-0.25, -0.2) is 4.79 Å². The molecule has 3 amide bonds. The second-order valence-electron chi connectivity index (χ2n) is 8.17. The molecule has 1 aliphatic rings. The normalized spacial score (nSPS) is 18.9. The van der Waals surface area contributed by atoms with Gasteiger partial charge < -0.3 is 5.32 Å². The molecule has 5 heteroatoms. The summed E-state index contributed by atoms with van der Waals surface area (Å²) in [4.78, 5) is 39.7. The highest BCUT2D eigenvalue weighted by atomic mass is 16.2. The average Bonchev–Trinajstić information content (AvgIpc) is 2.97. The summed E-state index contributed by atoms with van der Waals surface area (Å²) in [6.07, 6.45) is 0. The number of ketones is 1. The van der Waals surface area contributed by atoms with Crippen molar-refractivity contribution in [1.29, 1.82) is 0 Å². The van der Waals surface area contributed by atoms with Gasteiger partial charge in [-0.1, -0.05) is 80.6 Å². The van der Waals surface area contributed by atoms with Crippen molar-refractivity contribution < 1.29 is 14.4 Å². The summed E-state index contributed by atoms with van der Waals surface area (Å²) in [7, 11) is 0. The number of amides is 3. The molecule has 0 aliphatic carbocycles. The Kier molecular flexibility index (Phi) is 4.90. The molecule has 0 saturated carbocycles. The molecular weight excluding hydrogens is 376 g/mol. The first-order valence-corrected chi connectivity index (χ1v) is 10.1. The van der Waals surface area contributed by atoms with Crippen LogP contribution in [-0.2, 0) is 10.3 Å². The summed E-state index contributed by atoms with van der Waals surface area (Å²) in [6.45, 7) is 5.57. The van der Waals surface area contributed by atoms with Crippen LogP contribution in [0.15, 0.2) is 66.7 Å².